The van der Waals surface area contributed by atoms with Crippen molar-refractivity contribution in [2.75, 3.05) is 6.61 Å². The van der Waals surface area contributed by atoms with Crippen LogP contribution < -0.4 is 4.74 Å². The Labute approximate surface area is 98.5 Å². The lowest BCUT2D eigenvalue weighted by Crippen LogP contribution is -1.99. The van der Waals surface area contributed by atoms with Gasteiger partial charge in [-0.15, -0.1) is 0 Å². The molecular formula is C15H20O. The second-order valence-electron chi connectivity index (χ2n) is 3.88. The van der Waals surface area contributed by atoms with Crippen LogP contribution in [0.4, 0.5) is 0 Å². The number of benzene rings is 1. The number of unbranched alkanes of at least 4 members (excludes halogenated alkanes) is 1. The number of rotatable bonds is 6. The van der Waals surface area contributed by atoms with E-state index in [0.29, 0.717) is 6.61 Å². The number of hydrogen-bond donors (Lipinski definition) is 0. The molecule has 0 amide bonds. The number of aryl methyl sites for hydroxylation is 1. The highest BCUT2D eigenvalue weighted by Crippen LogP contribution is 2.13. The topological polar surface area (TPSA) is 9.23 Å². The standard InChI is InChI=1S/C15H20O/c1-4-6-9-14(5-2)12-16-15-10-7-8-13(3)11-15/h5,7-11H,2,4,6,12H2,1,3H3/b14-9+. The average Bonchev–Trinajstić information content (AvgIpc) is 2.29. The molecular weight excluding hydrogens is 196 g/mol. The van der Waals surface area contributed by atoms with E-state index in [9.17, 15) is 0 Å². The maximum atomic E-state index is 5.70. The highest BCUT2D eigenvalue weighted by molar-refractivity contribution is 5.28. The zero-order valence-electron chi connectivity index (χ0n) is 10.2. The summed E-state index contributed by atoms with van der Waals surface area (Å²) in [6.45, 7) is 8.63. The Balaban J connectivity index is 2.52. The third-order valence-electron chi connectivity index (χ3n) is 2.35. The van der Waals surface area contributed by atoms with Crippen LogP contribution >= 0.6 is 0 Å². The average molecular weight is 216 g/mol. The van der Waals surface area contributed by atoms with Crippen LogP contribution in [0.5, 0.6) is 5.75 Å². The molecule has 0 aromatic heterocycles. The molecule has 0 aliphatic rings. The molecule has 0 spiro atoms. The van der Waals surface area contributed by atoms with Gasteiger partial charge in [0.25, 0.3) is 0 Å². The van der Waals surface area contributed by atoms with E-state index in [0.717, 1.165) is 24.2 Å². The van der Waals surface area contributed by atoms with Crippen molar-refractivity contribution in [3.63, 3.8) is 0 Å². The van der Waals surface area contributed by atoms with Gasteiger partial charge in [0.15, 0.2) is 0 Å². The van der Waals surface area contributed by atoms with Gasteiger partial charge in [-0.3, -0.25) is 0 Å². The molecule has 1 rings (SSSR count). The quantitative estimate of drug-likeness (QED) is 0.645. The highest BCUT2D eigenvalue weighted by Gasteiger charge is 1.95. The molecule has 0 unspecified atom stereocenters. The zero-order valence-corrected chi connectivity index (χ0v) is 10.2. The molecule has 1 heteroatoms. The molecule has 1 nitrogen and oxygen atoms in total. The van der Waals surface area contributed by atoms with Gasteiger partial charge in [0.1, 0.15) is 12.4 Å². The van der Waals surface area contributed by atoms with Crippen molar-refractivity contribution in [1.82, 2.24) is 0 Å². The summed E-state index contributed by atoms with van der Waals surface area (Å²) in [5.74, 6) is 0.921. The molecule has 0 N–H and O–H groups in total. The van der Waals surface area contributed by atoms with Gasteiger partial charge in [-0.25, -0.2) is 0 Å². The van der Waals surface area contributed by atoms with Crippen LogP contribution in [0.25, 0.3) is 0 Å². The Hall–Kier alpha value is -1.50. The van der Waals surface area contributed by atoms with Crippen molar-refractivity contribution >= 4 is 0 Å². The van der Waals surface area contributed by atoms with Crippen LogP contribution in [0.1, 0.15) is 25.3 Å². The molecule has 0 atom stereocenters. The third kappa shape index (κ3) is 4.35. The van der Waals surface area contributed by atoms with E-state index < -0.39 is 0 Å². The summed E-state index contributed by atoms with van der Waals surface area (Å²) in [5, 5.41) is 0. The SMILES string of the molecule is C=C/C(=C\CCC)COc1cccc(C)c1. The summed E-state index contributed by atoms with van der Waals surface area (Å²) in [4.78, 5) is 0. The molecule has 0 aliphatic carbocycles. The van der Waals surface area contributed by atoms with Crippen LogP contribution in [0.3, 0.4) is 0 Å². The smallest absolute Gasteiger partial charge is 0.120 e. The summed E-state index contributed by atoms with van der Waals surface area (Å²) < 4.78 is 5.70. The second kappa shape index (κ2) is 6.89. The normalized spacial score (nSPS) is 11.2. The van der Waals surface area contributed by atoms with Crippen molar-refractivity contribution in [2.24, 2.45) is 0 Å². The van der Waals surface area contributed by atoms with Crippen LogP contribution in [0.2, 0.25) is 0 Å². The molecule has 0 bridgehead atoms. The fraction of sp³-hybridized carbons (Fsp3) is 0.333. The first-order valence-electron chi connectivity index (χ1n) is 5.77. The molecule has 0 saturated carbocycles. The van der Waals surface area contributed by atoms with Crippen molar-refractivity contribution in [2.45, 2.75) is 26.7 Å². The summed E-state index contributed by atoms with van der Waals surface area (Å²) >= 11 is 0. The van der Waals surface area contributed by atoms with E-state index in [1.807, 2.05) is 24.3 Å². The minimum atomic E-state index is 0.604. The molecule has 0 aliphatic heterocycles. The Kier molecular flexibility index (Phi) is 5.41. The van der Waals surface area contributed by atoms with E-state index >= 15 is 0 Å². The Morgan fingerprint density at radius 3 is 2.88 bits per heavy atom. The Morgan fingerprint density at radius 2 is 2.25 bits per heavy atom. The van der Waals surface area contributed by atoms with Gasteiger partial charge in [-0.1, -0.05) is 44.2 Å². The molecule has 86 valence electrons. The third-order valence-corrected chi connectivity index (χ3v) is 2.35. The molecule has 1 aromatic carbocycles. The maximum Gasteiger partial charge on any atom is 0.120 e. The van der Waals surface area contributed by atoms with Crippen molar-refractivity contribution in [1.29, 1.82) is 0 Å². The Bertz CT molecular complexity index is 363. The first-order valence-corrected chi connectivity index (χ1v) is 5.77. The minimum Gasteiger partial charge on any atom is -0.489 e. The fourth-order valence-corrected chi connectivity index (χ4v) is 1.40. The molecule has 0 fully saturated rings. The predicted molar refractivity (Wildman–Crippen MR) is 69.9 cm³/mol. The van der Waals surface area contributed by atoms with Gasteiger partial charge in [-0.05, 0) is 36.6 Å². The maximum absolute atomic E-state index is 5.70. The summed E-state index contributed by atoms with van der Waals surface area (Å²) in [6, 6.07) is 8.09. The van der Waals surface area contributed by atoms with Crippen LogP contribution in [0.15, 0.2) is 48.6 Å². The van der Waals surface area contributed by atoms with E-state index in [1.54, 1.807) is 0 Å². The zero-order chi connectivity index (χ0) is 11.8. The summed E-state index contributed by atoms with van der Waals surface area (Å²) in [7, 11) is 0. The van der Waals surface area contributed by atoms with Gasteiger partial charge >= 0.3 is 0 Å². The largest absolute Gasteiger partial charge is 0.489 e. The first-order chi connectivity index (χ1) is 7.76. The number of allylic oxidation sites excluding steroid dienone is 1. The van der Waals surface area contributed by atoms with Crippen LogP contribution in [-0.4, -0.2) is 6.61 Å². The lowest BCUT2D eigenvalue weighted by Gasteiger charge is -2.07. The van der Waals surface area contributed by atoms with E-state index in [2.05, 4.69) is 32.6 Å². The molecule has 16 heavy (non-hydrogen) atoms. The van der Waals surface area contributed by atoms with E-state index in [4.69, 9.17) is 4.74 Å². The van der Waals surface area contributed by atoms with Gasteiger partial charge in [0, 0.05) is 0 Å². The summed E-state index contributed by atoms with van der Waals surface area (Å²) in [6.07, 6.45) is 6.29. The van der Waals surface area contributed by atoms with Crippen molar-refractivity contribution in [3.8, 4) is 5.75 Å². The lowest BCUT2D eigenvalue weighted by atomic mass is 10.2. The first kappa shape index (κ1) is 12.6. The fourth-order valence-electron chi connectivity index (χ4n) is 1.40. The van der Waals surface area contributed by atoms with Crippen LogP contribution in [-0.2, 0) is 0 Å². The van der Waals surface area contributed by atoms with E-state index in [-0.39, 0.29) is 0 Å². The Morgan fingerprint density at radius 1 is 1.44 bits per heavy atom. The monoisotopic (exact) mass is 216 g/mol. The van der Waals surface area contributed by atoms with Gasteiger partial charge < -0.3 is 4.74 Å². The minimum absolute atomic E-state index is 0.604. The van der Waals surface area contributed by atoms with Crippen molar-refractivity contribution < 1.29 is 4.74 Å². The lowest BCUT2D eigenvalue weighted by molar-refractivity contribution is 0.355. The molecule has 0 heterocycles. The summed E-state index contributed by atoms with van der Waals surface area (Å²) in [5.41, 5.74) is 2.37. The van der Waals surface area contributed by atoms with Gasteiger partial charge in [0.05, 0.1) is 0 Å². The predicted octanol–water partition coefficient (Wildman–Crippen LogP) is 4.29. The van der Waals surface area contributed by atoms with Crippen LogP contribution in [0, 0.1) is 6.92 Å². The van der Waals surface area contributed by atoms with E-state index in [1.165, 1.54) is 5.56 Å². The van der Waals surface area contributed by atoms with Crippen molar-refractivity contribution in [3.05, 3.63) is 54.1 Å². The molecule has 0 radical (unpaired) electrons. The highest BCUT2D eigenvalue weighted by atomic mass is 16.5. The number of hydrogen-bond acceptors (Lipinski definition) is 1. The number of ether oxygens (including phenoxy) is 1. The van der Waals surface area contributed by atoms with Gasteiger partial charge in [-0.2, -0.15) is 0 Å². The molecule has 0 saturated heterocycles. The molecule has 1 aromatic rings. The van der Waals surface area contributed by atoms with Gasteiger partial charge in [0.2, 0.25) is 0 Å². The second-order valence-corrected chi connectivity index (χ2v) is 3.88.